The average molecular weight is 401 g/mol. The van der Waals surface area contributed by atoms with Crippen molar-refractivity contribution in [2.24, 2.45) is 5.73 Å². The van der Waals surface area contributed by atoms with Gasteiger partial charge in [0.1, 0.15) is 29.2 Å². The fourth-order valence-electron chi connectivity index (χ4n) is 3.22. The summed E-state index contributed by atoms with van der Waals surface area (Å²) in [5, 5.41) is 20.9. The van der Waals surface area contributed by atoms with Crippen molar-refractivity contribution < 1.29 is 35.5 Å². The Hall–Kier alpha value is -2.34. The number of benzene rings is 1. The molecular formula is C16H23N3O7S. The van der Waals surface area contributed by atoms with E-state index in [1.54, 1.807) is 13.8 Å². The Labute approximate surface area is 159 Å². The number of nitrogens with two attached hydrogens (primary N) is 1. The number of carbonyl (C=O) groups excluding carboxylic acids is 2. The zero-order chi connectivity index (χ0) is 18.5. The van der Waals surface area contributed by atoms with Crippen LogP contribution in [0.3, 0.4) is 0 Å². The maximum absolute atomic E-state index is 12.3. The van der Waals surface area contributed by atoms with Gasteiger partial charge in [0.05, 0.1) is 0 Å². The lowest BCUT2D eigenvalue weighted by Crippen LogP contribution is -2.71. The molecule has 2 aliphatic rings. The minimum atomic E-state index is -1.06. The first-order valence-corrected chi connectivity index (χ1v) is 8.59. The van der Waals surface area contributed by atoms with Gasteiger partial charge < -0.3 is 37.1 Å². The number of fused-ring (bicyclic) bond motifs is 1. The number of rotatable bonds is 4. The Bertz CT molecular complexity index is 740. The number of phenols is 1. The summed E-state index contributed by atoms with van der Waals surface area (Å²) in [6.07, 6.45) is 0. The number of amides is 2. The summed E-state index contributed by atoms with van der Waals surface area (Å²) in [6.45, 7) is 3.53. The van der Waals surface area contributed by atoms with E-state index < -0.39 is 46.0 Å². The van der Waals surface area contributed by atoms with Crippen LogP contribution in [0.2, 0.25) is 0 Å². The van der Waals surface area contributed by atoms with E-state index >= 15 is 0 Å². The number of carbonyl (C=O) groups is 3. The minimum Gasteiger partial charge on any atom is -0.508 e. The van der Waals surface area contributed by atoms with Crippen LogP contribution in [0.4, 0.5) is 0 Å². The third-order valence-electron chi connectivity index (χ3n) is 4.51. The van der Waals surface area contributed by atoms with E-state index in [0.29, 0.717) is 5.56 Å². The molecule has 0 aromatic heterocycles. The van der Waals surface area contributed by atoms with Crippen LogP contribution in [-0.2, 0) is 14.4 Å². The summed E-state index contributed by atoms with van der Waals surface area (Å²) in [4.78, 5) is 37.5. The fraction of sp³-hybridized carbons (Fsp3) is 0.438. The molecule has 0 saturated carbocycles. The molecular weight excluding hydrogens is 378 g/mol. The number of hydrogen-bond donors (Lipinski definition) is 4. The minimum absolute atomic E-state index is 0. The summed E-state index contributed by atoms with van der Waals surface area (Å²) in [7, 11) is 0. The molecule has 2 saturated heterocycles. The van der Waals surface area contributed by atoms with Crippen molar-refractivity contribution >= 4 is 29.5 Å². The van der Waals surface area contributed by atoms with Crippen molar-refractivity contribution in [3.05, 3.63) is 29.8 Å². The molecule has 11 heteroatoms. The van der Waals surface area contributed by atoms with Crippen molar-refractivity contribution in [1.29, 1.82) is 0 Å². The van der Waals surface area contributed by atoms with Gasteiger partial charge >= 0.3 is 5.97 Å². The van der Waals surface area contributed by atoms with Gasteiger partial charge in [0.25, 0.3) is 0 Å². The van der Waals surface area contributed by atoms with Crippen molar-refractivity contribution in [1.82, 2.24) is 10.2 Å². The van der Waals surface area contributed by atoms with Gasteiger partial charge in [-0.2, -0.15) is 0 Å². The highest BCUT2D eigenvalue weighted by Gasteiger charge is 2.64. The van der Waals surface area contributed by atoms with Crippen LogP contribution in [0.5, 0.6) is 5.75 Å². The van der Waals surface area contributed by atoms with Gasteiger partial charge in [-0.15, -0.1) is 11.8 Å². The number of nitrogens with one attached hydrogen (secondary N) is 1. The number of thioether (sulfide) groups is 1. The monoisotopic (exact) mass is 401 g/mol. The van der Waals surface area contributed by atoms with E-state index in [4.69, 9.17) is 5.73 Å². The normalized spacial score (nSPS) is 26.0. The molecule has 10 nitrogen and oxygen atoms in total. The maximum Gasteiger partial charge on any atom is 0.327 e. The van der Waals surface area contributed by atoms with Crippen molar-refractivity contribution in [2.75, 3.05) is 0 Å². The molecule has 0 radical (unpaired) electrons. The number of β-lactam (4-membered cyclic amide) rings is 1. The molecule has 1 aromatic rings. The summed E-state index contributed by atoms with van der Waals surface area (Å²) >= 11 is 1.35. The fourth-order valence-corrected chi connectivity index (χ4v) is 4.85. The lowest BCUT2D eigenvalue weighted by Gasteiger charge is -2.43. The highest BCUT2D eigenvalue weighted by atomic mass is 32.2. The molecule has 9 N–H and O–H groups in total. The summed E-state index contributed by atoms with van der Waals surface area (Å²) in [6, 6.07) is 3.21. The molecule has 0 bridgehead atoms. The molecule has 2 fully saturated rings. The number of aromatic hydroxyl groups is 1. The van der Waals surface area contributed by atoms with E-state index in [1.165, 1.54) is 40.9 Å². The molecule has 4 atom stereocenters. The Morgan fingerprint density at radius 1 is 1.26 bits per heavy atom. The molecule has 2 heterocycles. The molecule has 0 aliphatic carbocycles. The molecule has 1 aromatic carbocycles. The summed E-state index contributed by atoms with van der Waals surface area (Å²) in [5.74, 6) is -1.94. The first-order chi connectivity index (χ1) is 11.6. The molecule has 2 aliphatic heterocycles. The van der Waals surface area contributed by atoms with Gasteiger partial charge in [-0.1, -0.05) is 12.1 Å². The summed E-state index contributed by atoms with van der Waals surface area (Å²) < 4.78 is -0.648. The highest BCUT2D eigenvalue weighted by Crippen LogP contribution is 2.50. The van der Waals surface area contributed by atoms with Crippen LogP contribution >= 0.6 is 11.8 Å². The van der Waals surface area contributed by atoms with Gasteiger partial charge in [-0.3, -0.25) is 9.59 Å². The van der Waals surface area contributed by atoms with Crippen LogP contribution in [0, 0.1) is 0 Å². The van der Waals surface area contributed by atoms with Gasteiger partial charge in [0.2, 0.25) is 11.8 Å². The predicted molar refractivity (Wildman–Crippen MR) is 97.9 cm³/mol. The van der Waals surface area contributed by atoms with E-state index in [0.717, 1.165) is 0 Å². The van der Waals surface area contributed by atoms with Gasteiger partial charge in [0, 0.05) is 4.75 Å². The standard InChI is InChI=1S/C16H19N3O5S.2H2O/c1-16(2)11(15(23)24)19-13(22)10(14(19)25-16)18-12(21)9(17)7-3-5-8(20)6-4-7;;/h3-6,9-11,14,20H,17H2,1-2H3,(H,18,21)(H,23,24);2*1H2. The average Bonchev–Trinajstić information content (AvgIpc) is 2.80. The Balaban J connectivity index is 0.00000182. The van der Waals surface area contributed by atoms with Gasteiger partial charge in [-0.05, 0) is 31.5 Å². The smallest absolute Gasteiger partial charge is 0.327 e. The van der Waals surface area contributed by atoms with E-state index in [2.05, 4.69) is 5.32 Å². The molecule has 150 valence electrons. The first kappa shape index (κ1) is 22.7. The number of nitrogens with zero attached hydrogens (tertiary/aromatic N) is 1. The number of hydrogen-bond acceptors (Lipinski definition) is 6. The zero-order valence-corrected chi connectivity index (χ0v) is 15.5. The van der Waals surface area contributed by atoms with Crippen molar-refractivity contribution in [3.8, 4) is 5.75 Å². The Kier molecular flexibility index (Phi) is 6.49. The molecule has 2 amide bonds. The number of carboxylic acid groups (broad SMARTS) is 1. The van der Waals surface area contributed by atoms with Crippen LogP contribution < -0.4 is 11.1 Å². The van der Waals surface area contributed by atoms with Crippen molar-refractivity contribution in [2.45, 2.75) is 42.1 Å². The second kappa shape index (κ2) is 7.72. The third kappa shape index (κ3) is 3.72. The van der Waals surface area contributed by atoms with Crippen LogP contribution in [0.1, 0.15) is 25.5 Å². The van der Waals surface area contributed by atoms with Crippen LogP contribution in [0.15, 0.2) is 24.3 Å². The second-order valence-corrected chi connectivity index (χ2v) is 8.42. The largest absolute Gasteiger partial charge is 0.508 e. The second-order valence-electron chi connectivity index (χ2n) is 6.65. The van der Waals surface area contributed by atoms with E-state index in [-0.39, 0.29) is 16.7 Å². The zero-order valence-electron chi connectivity index (χ0n) is 14.7. The molecule has 3 rings (SSSR count). The van der Waals surface area contributed by atoms with Crippen molar-refractivity contribution in [3.63, 3.8) is 0 Å². The number of phenolic OH excluding ortho intramolecular Hbond substituents is 1. The molecule has 27 heavy (non-hydrogen) atoms. The van der Waals surface area contributed by atoms with Crippen LogP contribution in [-0.4, -0.2) is 66.1 Å². The van der Waals surface area contributed by atoms with E-state index in [1.807, 2.05) is 0 Å². The maximum atomic E-state index is 12.3. The van der Waals surface area contributed by atoms with Gasteiger partial charge in [-0.25, -0.2) is 4.79 Å². The van der Waals surface area contributed by atoms with Gasteiger partial charge in [0.15, 0.2) is 0 Å². The Morgan fingerprint density at radius 3 is 2.33 bits per heavy atom. The Morgan fingerprint density at radius 2 is 1.81 bits per heavy atom. The third-order valence-corrected chi connectivity index (χ3v) is 6.08. The lowest BCUT2D eigenvalue weighted by atomic mass is 9.95. The first-order valence-electron chi connectivity index (χ1n) is 7.71. The van der Waals surface area contributed by atoms with Crippen LogP contribution in [0.25, 0.3) is 0 Å². The molecule has 0 spiro atoms. The molecule has 4 unspecified atom stereocenters. The quantitative estimate of drug-likeness (QED) is 0.434. The number of carboxylic acids is 1. The SMILES string of the molecule is CC1(C)SC2C(NC(=O)C(N)c3ccc(O)cc3)C(=O)N2C1C(=O)O.O.O. The van der Waals surface area contributed by atoms with E-state index in [9.17, 15) is 24.6 Å². The predicted octanol–water partition coefficient (Wildman–Crippen LogP) is -1.63. The topological polar surface area (TPSA) is 196 Å². The lowest BCUT2D eigenvalue weighted by molar-refractivity contribution is -0.161. The summed E-state index contributed by atoms with van der Waals surface area (Å²) in [5.41, 5.74) is 6.41. The number of aliphatic carboxylic acids is 1. The highest BCUT2D eigenvalue weighted by molar-refractivity contribution is 8.01.